The van der Waals surface area contributed by atoms with Gasteiger partial charge < -0.3 is 24.9 Å². The number of rotatable bonds is 8. The van der Waals surface area contributed by atoms with Gasteiger partial charge >= 0.3 is 0 Å². The molecule has 3 aromatic rings. The second-order valence-electron chi connectivity index (χ2n) is 11.6. The summed E-state index contributed by atoms with van der Waals surface area (Å²) >= 11 is 6.87. The summed E-state index contributed by atoms with van der Waals surface area (Å²) in [5, 5.41) is 21.5. The smallest absolute Gasteiger partial charge is 0.270 e. The van der Waals surface area contributed by atoms with Crippen LogP contribution < -0.4 is 15.1 Å². The number of aryl methyl sites for hydroxylation is 1. The van der Waals surface area contributed by atoms with Crippen molar-refractivity contribution in [1.82, 2.24) is 30.3 Å². The van der Waals surface area contributed by atoms with E-state index in [1.807, 2.05) is 45.0 Å². The number of halogens is 1. The Labute approximate surface area is 257 Å². The molecule has 4 heterocycles. The van der Waals surface area contributed by atoms with Gasteiger partial charge in [0.05, 0.1) is 53.2 Å². The maximum Gasteiger partial charge on any atom is 0.270 e. The molecule has 0 spiro atoms. The number of nitriles is 1. The third kappa shape index (κ3) is 6.17. The zero-order valence-corrected chi connectivity index (χ0v) is 25.9. The summed E-state index contributed by atoms with van der Waals surface area (Å²) in [6.07, 6.45) is 3.99. The van der Waals surface area contributed by atoms with Crippen molar-refractivity contribution in [3.8, 4) is 6.07 Å². The molecule has 2 N–H and O–H groups in total. The normalized spacial score (nSPS) is 17.5. The molecule has 2 aliphatic rings. The van der Waals surface area contributed by atoms with Crippen molar-refractivity contribution in [3.05, 3.63) is 58.5 Å². The molecule has 1 aromatic carbocycles. The Morgan fingerprint density at radius 1 is 1.30 bits per heavy atom. The van der Waals surface area contributed by atoms with E-state index in [2.05, 4.69) is 38.0 Å². The molecular formula is C31H38ClN9O2. The van der Waals surface area contributed by atoms with Crippen LogP contribution in [0.2, 0.25) is 5.02 Å². The van der Waals surface area contributed by atoms with E-state index < -0.39 is 0 Å². The highest BCUT2D eigenvalue weighted by molar-refractivity contribution is 6.35. The van der Waals surface area contributed by atoms with Crippen molar-refractivity contribution in [3.63, 3.8) is 0 Å². The zero-order valence-electron chi connectivity index (χ0n) is 25.2. The van der Waals surface area contributed by atoms with Crippen LogP contribution >= 0.6 is 11.6 Å². The van der Waals surface area contributed by atoms with Gasteiger partial charge in [-0.25, -0.2) is 4.98 Å². The molecule has 0 aliphatic carbocycles. The van der Waals surface area contributed by atoms with Crippen LogP contribution in [0.3, 0.4) is 0 Å². The van der Waals surface area contributed by atoms with Crippen LogP contribution in [0.1, 0.15) is 40.7 Å². The largest absolute Gasteiger partial charge is 0.367 e. The van der Waals surface area contributed by atoms with Crippen LogP contribution in [0, 0.1) is 18.3 Å². The summed E-state index contributed by atoms with van der Waals surface area (Å²) < 4.78 is 0. The highest BCUT2D eigenvalue weighted by Crippen LogP contribution is 2.40. The van der Waals surface area contributed by atoms with Crippen molar-refractivity contribution >= 4 is 45.7 Å². The van der Waals surface area contributed by atoms with E-state index in [1.165, 1.54) is 6.08 Å². The molecule has 0 bridgehead atoms. The zero-order chi connectivity index (χ0) is 30.8. The van der Waals surface area contributed by atoms with E-state index in [-0.39, 0.29) is 30.3 Å². The molecule has 0 radical (unpaired) electrons. The maximum absolute atomic E-state index is 13.5. The molecule has 2 aromatic heterocycles. The van der Waals surface area contributed by atoms with Crippen molar-refractivity contribution in [2.45, 2.75) is 45.3 Å². The monoisotopic (exact) mass is 603 g/mol. The number of anilines is 2. The summed E-state index contributed by atoms with van der Waals surface area (Å²) in [4.78, 5) is 39.1. The molecule has 2 amide bonds. The van der Waals surface area contributed by atoms with Gasteiger partial charge in [0.15, 0.2) is 0 Å². The van der Waals surface area contributed by atoms with E-state index in [9.17, 15) is 14.9 Å². The van der Waals surface area contributed by atoms with Gasteiger partial charge in [0.1, 0.15) is 5.69 Å². The fourth-order valence-corrected chi connectivity index (χ4v) is 6.53. The minimum absolute atomic E-state index is 0.0748. The van der Waals surface area contributed by atoms with Crippen LogP contribution in [-0.4, -0.2) is 95.7 Å². The lowest BCUT2D eigenvalue weighted by molar-refractivity contribution is -0.128. The first kappa shape index (κ1) is 30.3. The maximum atomic E-state index is 13.5. The minimum Gasteiger partial charge on any atom is -0.367 e. The molecule has 0 unspecified atom stereocenters. The van der Waals surface area contributed by atoms with Crippen LogP contribution in [0.4, 0.5) is 11.4 Å². The second-order valence-corrected chi connectivity index (χ2v) is 12.0. The molecular weight excluding hydrogens is 566 g/mol. The predicted octanol–water partition coefficient (Wildman–Crippen LogP) is 3.28. The van der Waals surface area contributed by atoms with Gasteiger partial charge in [-0.3, -0.25) is 14.7 Å². The average molecular weight is 604 g/mol. The number of likely N-dealkylation sites (N-methyl/N-ethyl adjacent to an activating group) is 1. The number of nitrogens with one attached hydrogen (secondary N) is 2. The van der Waals surface area contributed by atoms with Gasteiger partial charge in [-0.15, -0.1) is 0 Å². The Hall–Kier alpha value is -4.14. The van der Waals surface area contributed by atoms with Gasteiger partial charge in [-0.2, -0.15) is 10.4 Å². The van der Waals surface area contributed by atoms with E-state index in [1.54, 1.807) is 11.1 Å². The van der Waals surface area contributed by atoms with Crippen molar-refractivity contribution in [2.24, 2.45) is 0 Å². The first-order valence-corrected chi connectivity index (χ1v) is 14.9. The molecule has 2 aliphatic heterocycles. The summed E-state index contributed by atoms with van der Waals surface area (Å²) in [6, 6.07) is 5.73. The molecule has 226 valence electrons. The van der Waals surface area contributed by atoms with E-state index in [4.69, 9.17) is 16.6 Å². The Bertz CT molecular complexity index is 1590. The van der Waals surface area contributed by atoms with E-state index >= 15 is 0 Å². The van der Waals surface area contributed by atoms with Crippen molar-refractivity contribution in [2.75, 3.05) is 56.6 Å². The van der Waals surface area contributed by atoms with Gasteiger partial charge in [-0.1, -0.05) is 18.2 Å². The Morgan fingerprint density at radius 3 is 2.81 bits per heavy atom. The lowest BCUT2D eigenvalue weighted by Gasteiger charge is -2.43. The third-order valence-corrected chi connectivity index (χ3v) is 8.65. The number of aromatic amines is 1. The molecule has 5 rings (SSSR count). The topological polar surface area (TPSA) is 124 Å². The predicted molar refractivity (Wildman–Crippen MR) is 168 cm³/mol. The number of H-pyrrole nitrogens is 1. The molecule has 43 heavy (non-hydrogen) atoms. The molecule has 1 saturated heterocycles. The summed E-state index contributed by atoms with van der Waals surface area (Å²) in [5.74, 6) is -0.418. The fraction of sp³-hybridized carbons (Fsp3) is 0.452. The number of nitrogens with zero attached hydrogens (tertiary/aromatic N) is 7. The number of amides is 2. The number of hydrogen-bond donors (Lipinski definition) is 2. The Morgan fingerprint density at radius 2 is 2.09 bits per heavy atom. The van der Waals surface area contributed by atoms with Crippen LogP contribution in [0.15, 0.2) is 31.0 Å². The molecule has 1 fully saturated rings. The standard InChI is InChI=1S/C31H38ClN9O2/c1-6-28(42)41-12-11-39(17-21(41)7-9-33)27-14-25(31(43)35-20(3)16-38(4)5)36-26-18-40(10-8-22(26)27)30-23-15-34-37-24(23)13-19(2)29(30)32/h6,13-15,20-21H,1,7-8,10-12,16-18H2,2-5H3,(H,34,37)(H,35,43)/t20-,21+/m1/s1. The molecule has 0 saturated carbocycles. The average Bonchev–Trinajstić information content (AvgIpc) is 3.43. The van der Waals surface area contributed by atoms with Crippen molar-refractivity contribution in [1.29, 1.82) is 5.26 Å². The number of fused-ring (bicyclic) bond motifs is 2. The van der Waals surface area contributed by atoms with Crippen LogP contribution in [-0.2, 0) is 17.8 Å². The molecule has 12 heteroatoms. The number of pyridine rings is 1. The first-order valence-electron chi connectivity index (χ1n) is 14.5. The number of carbonyl (C=O) groups is 2. The fourth-order valence-electron chi connectivity index (χ4n) is 6.25. The highest BCUT2D eigenvalue weighted by Gasteiger charge is 2.33. The lowest BCUT2D eigenvalue weighted by Crippen LogP contribution is -2.55. The lowest BCUT2D eigenvalue weighted by atomic mass is 9.98. The molecule has 11 nitrogen and oxygen atoms in total. The van der Waals surface area contributed by atoms with Gasteiger partial charge in [-0.05, 0) is 58.1 Å². The Kier molecular flexibility index (Phi) is 8.89. The number of piperazine rings is 1. The quantitative estimate of drug-likeness (QED) is 0.376. The second kappa shape index (κ2) is 12.6. The summed E-state index contributed by atoms with van der Waals surface area (Å²) in [7, 11) is 3.93. The number of hydrogen-bond acceptors (Lipinski definition) is 8. The van der Waals surface area contributed by atoms with E-state index in [0.717, 1.165) is 39.1 Å². The number of benzene rings is 1. The van der Waals surface area contributed by atoms with E-state index in [0.29, 0.717) is 56.4 Å². The number of carbonyl (C=O) groups excluding carboxylic acids is 2. The SMILES string of the molecule is C=CC(=O)N1CCN(c2cc(C(=O)N[C@H](C)CN(C)C)nc3c2CCN(c2c(Cl)c(C)cc4[nH]ncc24)C3)C[C@@H]1CC#N. The highest BCUT2D eigenvalue weighted by atomic mass is 35.5. The van der Waals surface area contributed by atoms with Crippen LogP contribution in [0.25, 0.3) is 10.9 Å². The van der Waals surface area contributed by atoms with Crippen LogP contribution in [0.5, 0.6) is 0 Å². The summed E-state index contributed by atoms with van der Waals surface area (Å²) in [5.41, 5.74) is 5.91. The minimum atomic E-state index is -0.286. The van der Waals surface area contributed by atoms with Gasteiger partial charge in [0, 0.05) is 55.4 Å². The molecule has 2 atom stereocenters. The van der Waals surface area contributed by atoms with Gasteiger partial charge in [0.2, 0.25) is 5.91 Å². The number of aromatic nitrogens is 3. The first-order chi connectivity index (χ1) is 20.6. The Balaban J connectivity index is 1.54. The van der Waals surface area contributed by atoms with Crippen molar-refractivity contribution < 1.29 is 9.59 Å². The van der Waals surface area contributed by atoms with Gasteiger partial charge in [0.25, 0.3) is 5.91 Å². The third-order valence-electron chi connectivity index (χ3n) is 8.17. The summed E-state index contributed by atoms with van der Waals surface area (Å²) in [6.45, 7) is 10.9.